The lowest BCUT2D eigenvalue weighted by molar-refractivity contribution is -0.115. The van der Waals surface area contributed by atoms with Crippen LogP contribution in [-0.2, 0) is 4.79 Å². The number of carbonyl (C=O) groups is 1. The van der Waals surface area contributed by atoms with Crippen molar-refractivity contribution in [3.8, 4) is 6.07 Å². The van der Waals surface area contributed by atoms with Crippen molar-refractivity contribution >= 4 is 34.8 Å². The molecule has 0 saturated carbocycles. The van der Waals surface area contributed by atoms with Gasteiger partial charge in [-0.15, -0.1) is 0 Å². The Balaban J connectivity index is 1.92. The molecule has 0 aromatic heterocycles. The highest BCUT2D eigenvalue weighted by atomic mass is 35.5. The van der Waals surface area contributed by atoms with Gasteiger partial charge in [0, 0.05) is 16.8 Å². The van der Waals surface area contributed by atoms with Crippen molar-refractivity contribution < 1.29 is 4.79 Å². The Bertz CT molecular complexity index is 756. The fourth-order valence-electron chi connectivity index (χ4n) is 2.07. The van der Waals surface area contributed by atoms with Gasteiger partial charge in [0.15, 0.2) is 0 Å². The maximum atomic E-state index is 12.0. The van der Waals surface area contributed by atoms with Gasteiger partial charge in [-0.2, -0.15) is 5.26 Å². The molecule has 0 aliphatic heterocycles. The maximum absolute atomic E-state index is 12.0. The minimum atomic E-state index is -0.204. The predicted molar refractivity (Wildman–Crippen MR) is 92.7 cm³/mol. The van der Waals surface area contributed by atoms with E-state index in [-0.39, 0.29) is 18.5 Å². The molecule has 6 heteroatoms. The molecule has 0 radical (unpaired) electrons. The summed E-state index contributed by atoms with van der Waals surface area (Å²) in [6, 6.07) is 14.2. The predicted octanol–water partition coefficient (Wildman–Crippen LogP) is 4.15. The first-order valence-electron chi connectivity index (χ1n) is 6.98. The molecule has 1 unspecified atom stereocenters. The summed E-state index contributed by atoms with van der Waals surface area (Å²) >= 11 is 12.1. The van der Waals surface area contributed by atoms with E-state index >= 15 is 0 Å². The monoisotopic (exact) mass is 347 g/mol. The zero-order valence-corrected chi connectivity index (χ0v) is 13.9. The van der Waals surface area contributed by atoms with E-state index in [0.29, 0.717) is 21.3 Å². The van der Waals surface area contributed by atoms with Gasteiger partial charge in [0.1, 0.15) is 6.07 Å². The van der Waals surface area contributed by atoms with Crippen LogP contribution in [0.2, 0.25) is 10.0 Å². The first-order chi connectivity index (χ1) is 11.0. The number of amides is 1. The molecular weight excluding hydrogens is 333 g/mol. The first kappa shape index (κ1) is 17.3. The van der Waals surface area contributed by atoms with Crippen molar-refractivity contribution in [2.24, 2.45) is 0 Å². The maximum Gasteiger partial charge on any atom is 0.238 e. The zero-order chi connectivity index (χ0) is 16.8. The van der Waals surface area contributed by atoms with Crippen molar-refractivity contribution in [3.63, 3.8) is 0 Å². The quantitative estimate of drug-likeness (QED) is 0.853. The Morgan fingerprint density at radius 1 is 1.22 bits per heavy atom. The molecule has 0 fully saturated rings. The largest absolute Gasteiger partial charge is 0.325 e. The number of nitriles is 1. The molecule has 0 aliphatic carbocycles. The van der Waals surface area contributed by atoms with Crippen molar-refractivity contribution in [1.82, 2.24) is 5.32 Å². The van der Waals surface area contributed by atoms with Gasteiger partial charge in [-0.3, -0.25) is 4.79 Å². The number of hydrogen-bond acceptors (Lipinski definition) is 3. The zero-order valence-electron chi connectivity index (χ0n) is 12.4. The van der Waals surface area contributed by atoms with E-state index in [0.717, 1.165) is 5.56 Å². The highest BCUT2D eigenvalue weighted by Gasteiger charge is 2.11. The second-order valence-electron chi connectivity index (χ2n) is 4.98. The van der Waals surface area contributed by atoms with Crippen LogP contribution in [0.4, 0.5) is 5.69 Å². The Kier molecular flexibility index (Phi) is 6.00. The van der Waals surface area contributed by atoms with Gasteiger partial charge in [0.2, 0.25) is 5.91 Å². The van der Waals surface area contributed by atoms with E-state index in [9.17, 15) is 4.79 Å². The van der Waals surface area contributed by atoms with Crippen LogP contribution in [0.15, 0.2) is 42.5 Å². The van der Waals surface area contributed by atoms with E-state index in [1.165, 1.54) is 0 Å². The van der Waals surface area contributed by atoms with Crippen LogP contribution in [0.25, 0.3) is 0 Å². The minimum absolute atomic E-state index is 0.0565. The molecule has 2 N–H and O–H groups in total. The molecule has 0 heterocycles. The highest BCUT2D eigenvalue weighted by Crippen LogP contribution is 2.22. The minimum Gasteiger partial charge on any atom is -0.325 e. The standard InChI is InChI=1S/C17H15Cl2N3O/c1-11(14-4-2-3-5-15(14)18)21-10-17(23)22-13-7-6-12(9-20)16(19)8-13/h2-8,11,21H,10H2,1H3,(H,22,23). The van der Waals surface area contributed by atoms with Gasteiger partial charge >= 0.3 is 0 Å². The summed E-state index contributed by atoms with van der Waals surface area (Å²) in [5.41, 5.74) is 1.85. The molecule has 2 aromatic rings. The number of benzene rings is 2. The van der Waals surface area contributed by atoms with E-state index in [1.54, 1.807) is 18.2 Å². The van der Waals surface area contributed by atoms with Crippen LogP contribution in [0.1, 0.15) is 24.1 Å². The number of hydrogen-bond donors (Lipinski definition) is 2. The van der Waals surface area contributed by atoms with E-state index in [4.69, 9.17) is 28.5 Å². The molecule has 23 heavy (non-hydrogen) atoms. The summed E-state index contributed by atoms with van der Waals surface area (Å²) in [5.74, 6) is -0.204. The molecule has 2 rings (SSSR count). The molecule has 0 spiro atoms. The number of rotatable bonds is 5. The third-order valence-electron chi connectivity index (χ3n) is 3.31. The third-order valence-corrected chi connectivity index (χ3v) is 3.97. The molecule has 1 amide bonds. The van der Waals surface area contributed by atoms with Gasteiger partial charge in [0.05, 0.1) is 17.1 Å². The van der Waals surface area contributed by atoms with Gasteiger partial charge in [-0.25, -0.2) is 0 Å². The number of carbonyl (C=O) groups excluding carboxylic acids is 1. The smallest absolute Gasteiger partial charge is 0.238 e. The van der Waals surface area contributed by atoms with Gasteiger partial charge in [0.25, 0.3) is 0 Å². The summed E-state index contributed by atoms with van der Waals surface area (Å²) in [6.45, 7) is 2.07. The Morgan fingerprint density at radius 2 is 1.96 bits per heavy atom. The van der Waals surface area contributed by atoms with Crippen LogP contribution in [-0.4, -0.2) is 12.5 Å². The van der Waals surface area contributed by atoms with E-state index in [1.807, 2.05) is 37.3 Å². The third kappa shape index (κ3) is 4.70. The van der Waals surface area contributed by atoms with Crippen molar-refractivity contribution in [3.05, 3.63) is 63.6 Å². The highest BCUT2D eigenvalue weighted by molar-refractivity contribution is 6.32. The molecule has 0 bridgehead atoms. The van der Waals surface area contributed by atoms with Crippen LogP contribution in [0.5, 0.6) is 0 Å². The fraction of sp³-hybridized carbons (Fsp3) is 0.176. The van der Waals surface area contributed by atoms with Gasteiger partial charge in [-0.05, 0) is 36.8 Å². The van der Waals surface area contributed by atoms with E-state index < -0.39 is 0 Å². The van der Waals surface area contributed by atoms with Crippen molar-refractivity contribution in [1.29, 1.82) is 5.26 Å². The van der Waals surface area contributed by atoms with Crippen LogP contribution in [0, 0.1) is 11.3 Å². The molecular formula is C17H15Cl2N3O. The Labute approximate surface area is 145 Å². The summed E-state index contributed by atoms with van der Waals surface area (Å²) in [5, 5.41) is 15.6. The SMILES string of the molecule is CC(NCC(=O)Nc1ccc(C#N)c(Cl)c1)c1ccccc1Cl. The van der Waals surface area contributed by atoms with Crippen molar-refractivity contribution in [2.45, 2.75) is 13.0 Å². The Hall–Kier alpha value is -2.06. The van der Waals surface area contributed by atoms with Crippen molar-refractivity contribution in [2.75, 3.05) is 11.9 Å². The molecule has 0 aliphatic rings. The number of nitrogens with zero attached hydrogens (tertiary/aromatic N) is 1. The Morgan fingerprint density at radius 3 is 2.61 bits per heavy atom. The summed E-state index contributed by atoms with van der Waals surface area (Å²) in [4.78, 5) is 12.0. The van der Waals surface area contributed by atoms with E-state index in [2.05, 4.69) is 10.6 Å². The summed E-state index contributed by atoms with van der Waals surface area (Å²) in [6.07, 6.45) is 0. The summed E-state index contributed by atoms with van der Waals surface area (Å²) < 4.78 is 0. The fourth-order valence-corrected chi connectivity index (χ4v) is 2.59. The second-order valence-corrected chi connectivity index (χ2v) is 5.79. The molecule has 0 saturated heterocycles. The topological polar surface area (TPSA) is 64.9 Å². The molecule has 118 valence electrons. The second kappa shape index (κ2) is 7.98. The molecule has 1 atom stereocenters. The lowest BCUT2D eigenvalue weighted by Gasteiger charge is -2.15. The van der Waals surface area contributed by atoms with Gasteiger partial charge in [-0.1, -0.05) is 41.4 Å². The number of halogens is 2. The number of anilines is 1. The first-order valence-corrected chi connectivity index (χ1v) is 7.74. The van der Waals surface area contributed by atoms with Crippen LogP contribution < -0.4 is 10.6 Å². The summed E-state index contributed by atoms with van der Waals surface area (Å²) in [7, 11) is 0. The number of nitrogens with one attached hydrogen (secondary N) is 2. The average molecular weight is 348 g/mol. The van der Waals surface area contributed by atoms with Crippen LogP contribution in [0.3, 0.4) is 0 Å². The molecule has 2 aromatic carbocycles. The van der Waals surface area contributed by atoms with Gasteiger partial charge < -0.3 is 10.6 Å². The molecule has 4 nitrogen and oxygen atoms in total. The lowest BCUT2D eigenvalue weighted by Crippen LogP contribution is -2.30. The normalized spacial score (nSPS) is 11.6. The van der Waals surface area contributed by atoms with Crippen LogP contribution >= 0.6 is 23.2 Å². The average Bonchev–Trinajstić information content (AvgIpc) is 2.53. The lowest BCUT2D eigenvalue weighted by atomic mass is 10.1.